The van der Waals surface area contributed by atoms with Gasteiger partial charge in [-0.05, 0) is 48.7 Å². The van der Waals surface area contributed by atoms with Gasteiger partial charge in [0, 0.05) is 30.2 Å². The quantitative estimate of drug-likeness (QED) is 0.350. The Morgan fingerprint density at radius 2 is 1.89 bits per heavy atom. The lowest BCUT2D eigenvalue weighted by Crippen LogP contribution is -2.47. The van der Waals surface area contributed by atoms with Crippen molar-refractivity contribution >= 4 is 22.6 Å². The summed E-state index contributed by atoms with van der Waals surface area (Å²) in [6.07, 6.45) is 6.92. The maximum Gasteiger partial charge on any atom is 0.264 e. The molecule has 0 atom stereocenters. The highest BCUT2D eigenvalue weighted by Crippen LogP contribution is 2.29. The summed E-state index contributed by atoms with van der Waals surface area (Å²) < 4.78 is 21.6. The number of aliphatic hydroxyl groups is 1. The Morgan fingerprint density at radius 1 is 1.11 bits per heavy atom. The highest BCUT2D eigenvalue weighted by atomic mass is 35.5. The summed E-state index contributed by atoms with van der Waals surface area (Å²) in [6.45, 7) is 2.10. The summed E-state index contributed by atoms with van der Waals surface area (Å²) in [7, 11) is 0. The molecule has 1 aliphatic heterocycles. The molecule has 5 aromatic rings. The van der Waals surface area contributed by atoms with Gasteiger partial charge in [-0.15, -0.1) is 0 Å². The molecule has 194 valence electrons. The number of halogens is 2. The molecule has 0 unspecified atom stereocenters. The lowest BCUT2D eigenvalue weighted by Gasteiger charge is -2.38. The Morgan fingerprint density at radius 3 is 2.61 bits per heavy atom. The first-order valence-corrected chi connectivity index (χ1v) is 12.6. The van der Waals surface area contributed by atoms with Crippen molar-refractivity contribution in [2.75, 3.05) is 13.1 Å². The second-order valence-corrected chi connectivity index (χ2v) is 10.0. The summed E-state index contributed by atoms with van der Waals surface area (Å²) >= 11 is 6.54. The van der Waals surface area contributed by atoms with Crippen LogP contribution in [0.1, 0.15) is 18.4 Å². The van der Waals surface area contributed by atoms with Crippen molar-refractivity contribution < 1.29 is 13.9 Å². The number of piperidine rings is 1. The van der Waals surface area contributed by atoms with Crippen LogP contribution in [0.5, 0.6) is 0 Å². The minimum absolute atomic E-state index is 0.136. The first-order chi connectivity index (χ1) is 18.4. The zero-order chi connectivity index (χ0) is 26.3. The number of fused-ring (bicyclic) bond motifs is 1. The third kappa shape index (κ3) is 4.73. The number of rotatable bonds is 6. The molecule has 1 aliphatic rings. The van der Waals surface area contributed by atoms with Gasteiger partial charge < -0.3 is 9.52 Å². The summed E-state index contributed by atoms with van der Waals surface area (Å²) in [5.41, 5.74) is 1.52. The smallest absolute Gasteiger partial charge is 0.264 e. The largest absolute Gasteiger partial charge is 0.444 e. The van der Waals surface area contributed by atoms with Crippen molar-refractivity contribution in [3.8, 4) is 17.0 Å². The van der Waals surface area contributed by atoms with E-state index in [9.17, 15) is 14.3 Å². The average Bonchev–Trinajstić information content (AvgIpc) is 3.60. The number of aromatic nitrogens is 5. The van der Waals surface area contributed by atoms with Crippen LogP contribution >= 0.6 is 11.6 Å². The van der Waals surface area contributed by atoms with Gasteiger partial charge in [-0.1, -0.05) is 23.7 Å². The minimum atomic E-state index is -1.04. The van der Waals surface area contributed by atoms with Crippen molar-refractivity contribution in [1.82, 2.24) is 29.2 Å². The molecule has 0 amide bonds. The molecule has 0 bridgehead atoms. The highest BCUT2D eigenvalue weighted by Gasteiger charge is 2.33. The Hall–Kier alpha value is -3.86. The van der Waals surface area contributed by atoms with Crippen LogP contribution in [0, 0.1) is 5.82 Å². The molecule has 9 nitrogen and oxygen atoms in total. The van der Waals surface area contributed by atoms with Crippen LogP contribution in [-0.2, 0) is 13.1 Å². The fraction of sp³-hybridized carbons (Fsp3) is 0.259. The van der Waals surface area contributed by atoms with E-state index in [1.807, 2.05) is 18.2 Å². The molecule has 3 aromatic heterocycles. The molecule has 1 N–H and O–H groups in total. The van der Waals surface area contributed by atoms with Crippen molar-refractivity contribution in [1.29, 1.82) is 0 Å². The molecule has 1 saturated heterocycles. The van der Waals surface area contributed by atoms with Crippen molar-refractivity contribution in [2.24, 2.45) is 0 Å². The summed E-state index contributed by atoms with van der Waals surface area (Å²) in [4.78, 5) is 23.8. The summed E-state index contributed by atoms with van der Waals surface area (Å²) in [5.74, 6) is 0.302. The molecular formula is C27H24ClFN6O3. The Bertz CT molecular complexity index is 1640. The number of hydrogen-bond donors (Lipinski definition) is 1. The monoisotopic (exact) mass is 534 g/mol. The van der Waals surface area contributed by atoms with E-state index in [2.05, 4.69) is 20.0 Å². The minimum Gasteiger partial charge on any atom is -0.444 e. The lowest BCUT2D eigenvalue weighted by atomic mass is 9.91. The lowest BCUT2D eigenvalue weighted by molar-refractivity contribution is -0.0364. The Kier molecular flexibility index (Phi) is 6.30. The standard InChI is InChI=1S/C27H24ClFN6O3/c28-23-11-18(24-13-30-17-38-24)1-2-19(23)14-33-9-7-27(37,8-10-33)15-34-16-31-25-22(26(34)36)12-32-35(25)21-5-3-20(29)4-6-21/h1-6,11-13,16-17,37H,7-10,14-15H2. The molecule has 4 heterocycles. The second-order valence-electron chi connectivity index (χ2n) is 9.62. The van der Waals surface area contributed by atoms with Gasteiger partial charge >= 0.3 is 0 Å². The number of nitrogens with zero attached hydrogens (tertiary/aromatic N) is 6. The molecule has 6 rings (SSSR count). The molecular weight excluding hydrogens is 511 g/mol. The van der Waals surface area contributed by atoms with Crippen LogP contribution in [0.25, 0.3) is 28.0 Å². The third-order valence-electron chi connectivity index (χ3n) is 7.04. The molecule has 0 aliphatic carbocycles. The fourth-order valence-electron chi connectivity index (χ4n) is 4.86. The first-order valence-electron chi connectivity index (χ1n) is 12.2. The maximum absolute atomic E-state index is 13.3. The van der Waals surface area contributed by atoms with E-state index in [1.54, 1.807) is 18.3 Å². The molecule has 2 aromatic carbocycles. The molecule has 1 fully saturated rings. The molecule has 0 saturated carbocycles. The van der Waals surface area contributed by atoms with Crippen LogP contribution in [-0.4, -0.2) is 53.0 Å². The maximum atomic E-state index is 13.3. The predicted molar refractivity (Wildman–Crippen MR) is 139 cm³/mol. The van der Waals surface area contributed by atoms with Crippen LogP contribution in [0.3, 0.4) is 0 Å². The number of oxazole rings is 1. The molecule has 11 heteroatoms. The normalized spacial score (nSPS) is 15.8. The SMILES string of the molecule is O=c1c2cnn(-c3ccc(F)cc3)c2ncn1CC1(O)CCN(Cc2ccc(-c3cnco3)cc2Cl)CC1. The third-order valence-corrected chi connectivity index (χ3v) is 7.39. The average molecular weight is 535 g/mol. The van der Waals surface area contributed by atoms with Gasteiger partial charge in [0.2, 0.25) is 0 Å². The van der Waals surface area contributed by atoms with E-state index in [1.165, 1.54) is 40.3 Å². The van der Waals surface area contributed by atoms with Gasteiger partial charge in [0.15, 0.2) is 17.8 Å². The molecule has 38 heavy (non-hydrogen) atoms. The topological polar surface area (TPSA) is 102 Å². The van der Waals surface area contributed by atoms with Crippen LogP contribution < -0.4 is 5.56 Å². The van der Waals surface area contributed by atoms with E-state index in [0.29, 0.717) is 60.0 Å². The van der Waals surface area contributed by atoms with E-state index in [4.69, 9.17) is 16.0 Å². The van der Waals surface area contributed by atoms with Crippen molar-refractivity contribution in [2.45, 2.75) is 31.5 Å². The zero-order valence-corrected chi connectivity index (χ0v) is 21.1. The number of benzene rings is 2. The number of likely N-dealkylation sites (tertiary alicyclic amines) is 1. The zero-order valence-electron chi connectivity index (χ0n) is 20.3. The van der Waals surface area contributed by atoms with E-state index in [0.717, 1.165) is 11.1 Å². The molecule has 0 spiro atoms. The molecule has 0 radical (unpaired) electrons. The van der Waals surface area contributed by atoms with Gasteiger partial charge in [-0.2, -0.15) is 5.10 Å². The Labute approximate surface area is 221 Å². The van der Waals surface area contributed by atoms with Crippen LogP contribution in [0.2, 0.25) is 5.02 Å². The van der Waals surface area contributed by atoms with Crippen molar-refractivity contribution in [3.05, 3.63) is 94.3 Å². The van der Waals surface area contributed by atoms with E-state index in [-0.39, 0.29) is 17.9 Å². The summed E-state index contributed by atoms with van der Waals surface area (Å²) in [5, 5.41) is 16.5. The van der Waals surface area contributed by atoms with E-state index >= 15 is 0 Å². The highest BCUT2D eigenvalue weighted by molar-refractivity contribution is 6.31. The van der Waals surface area contributed by atoms with Gasteiger partial charge in [0.25, 0.3) is 5.56 Å². The second kappa shape index (κ2) is 9.79. The van der Waals surface area contributed by atoms with Gasteiger partial charge in [0.1, 0.15) is 17.5 Å². The van der Waals surface area contributed by atoms with Gasteiger partial charge in [-0.25, -0.2) is 19.0 Å². The van der Waals surface area contributed by atoms with Gasteiger partial charge in [0.05, 0.1) is 30.2 Å². The van der Waals surface area contributed by atoms with E-state index < -0.39 is 5.60 Å². The first kappa shape index (κ1) is 24.5. The summed E-state index contributed by atoms with van der Waals surface area (Å²) in [6, 6.07) is 11.6. The Balaban J connectivity index is 1.13. The van der Waals surface area contributed by atoms with Gasteiger partial charge in [-0.3, -0.25) is 14.3 Å². The van der Waals surface area contributed by atoms with Crippen LogP contribution in [0.15, 0.2) is 76.8 Å². The predicted octanol–water partition coefficient (Wildman–Crippen LogP) is 4.06. The fourth-order valence-corrected chi connectivity index (χ4v) is 5.10. The van der Waals surface area contributed by atoms with Crippen molar-refractivity contribution in [3.63, 3.8) is 0 Å². The number of hydrogen-bond acceptors (Lipinski definition) is 7. The van der Waals surface area contributed by atoms with Crippen LogP contribution in [0.4, 0.5) is 4.39 Å².